The molecule has 3 rings (SSSR count). The van der Waals surface area contributed by atoms with Crippen molar-refractivity contribution in [1.29, 1.82) is 0 Å². The molecule has 0 aromatic heterocycles. The quantitative estimate of drug-likeness (QED) is 0.895. The molecule has 5 nitrogen and oxygen atoms in total. The van der Waals surface area contributed by atoms with E-state index in [9.17, 15) is 4.79 Å². The maximum absolute atomic E-state index is 12.3. The van der Waals surface area contributed by atoms with Crippen LogP contribution < -0.4 is 10.2 Å². The molecule has 0 aliphatic carbocycles. The Balaban J connectivity index is 1.48. The molecule has 0 bridgehead atoms. The molecule has 1 aromatic rings. The SMILES string of the molecule is CN(CC(=O)NC1CCOCC1)C1CCCN(c2ccccc2)C1. The van der Waals surface area contributed by atoms with Gasteiger partial charge in [-0.2, -0.15) is 0 Å². The molecule has 1 amide bonds. The van der Waals surface area contributed by atoms with Crippen molar-refractivity contribution >= 4 is 11.6 Å². The first-order chi connectivity index (χ1) is 11.7. The third-order valence-corrected chi connectivity index (χ3v) is 5.12. The van der Waals surface area contributed by atoms with Gasteiger partial charge in [-0.05, 0) is 44.9 Å². The van der Waals surface area contributed by atoms with E-state index in [4.69, 9.17) is 4.74 Å². The number of ether oxygens (including phenoxy) is 1. The zero-order valence-electron chi connectivity index (χ0n) is 14.6. The van der Waals surface area contributed by atoms with Crippen molar-refractivity contribution in [3.63, 3.8) is 0 Å². The van der Waals surface area contributed by atoms with Gasteiger partial charge in [-0.15, -0.1) is 0 Å². The Kier molecular flexibility index (Phi) is 6.10. The number of nitrogens with one attached hydrogen (secondary N) is 1. The highest BCUT2D eigenvalue weighted by Gasteiger charge is 2.25. The summed E-state index contributed by atoms with van der Waals surface area (Å²) in [6.07, 6.45) is 4.19. The van der Waals surface area contributed by atoms with E-state index in [1.807, 2.05) is 0 Å². The van der Waals surface area contributed by atoms with Crippen LogP contribution in [0, 0.1) is 0 Å². The fraction of sp³-hybridized carbons (Fsp3) is 0.632. The molecule has 1 aromatic carbocycles. The number of para-hydroxylation sites is 1. The van der Waals surface area contributed by atoms with Crippen molar-refractivity contribution < 1.29 is 9.53 Å². The van der Waals surface area contributed by atoms with E-state index in [2.05, 4.69) is 52.5 Å². The van der Waals surface area contributed by atoms with E-state index in [0.29, 0.717) is 12.6 Å². The van der Waals surface area contributed by atoms with Crippen molar-refractivity contribution in [2.45, 2.75) is 37.8 Å². The molecule has 1 atom stereocenters. The molecule has 2 aliphatic rings. The summed E-state index contributed by atoms with van der Waals surface area (Å²) < 4.78 is 5.34. The fourth-order valence-corrected chi connectivity index (χ4v) is 3.66. The predicted molar refractivity (Wildman–Crippen MR) is 96.3 cm³/mol. The lowest BCUT2D eigenvalue weighted by molar-refractivity contribution is -0.123. The number of hydrogen-bond donors (Lipinski definition) is 1. The lowest BCUT2D eigenvalue weighted by Crippen LogP contribution is -2.50. The molecular weight excluding hydrogens is 302 g/mol. The van der Waals surface area contributed by atoms with E-state index < -0.39 is 0 Å². The second kappa shape index (κ2) is 8.49. The van der Waals surface area contributed by atoms with Crippen LogP contribution in [-0.4, -0.2) is 62.8 Å². The maximum Gasteiger partial charge on any atom is 0.234 e. The monoisotopic (exact) mass is 331 g/mol. The summed E-state index contributed by atoms with van der Waals surface area (Å²) in [7, 11) is 2.07. The van der Waals surface area contributed by atoms with Crippen LogP contribution in [0.3, 0.4) is 0 Å². The van der Waals surface area contributed by atoms with Gasteiger partial charge in [0.25, 0.3) is 0 Å². The zero-order valence-corrected chi connectivity index (χ0v) is 14.6. The third-order valence-electron chi connectivity index (χ3n) is 5.12. The summed E-state index contributed by atoms with van der Waals surface area (Å²) in [4.78, 5) is 17.0. The highest BCUT2D eigenvalue weighted by atomic mass is 16.5. The first-order valence-corrected chi connectivity index (χ1v) is 9.10. The van der Waals surface area contributed by atoms with Gasteiger partial charge in [0.05, 0.1) is 6.54 Å². The average Bonchev–Trinajstić information content (AvgIpc) is 2.63. The van der Waals surface area contributed by atoms with E-state index in [1.54, 1.807) is 0 Å². The molecule has 0 spiro atoms. The standard InChI is InChI=1S/C19H29N3O2/c1-21(15-19(23)20-16-9-12-24-13-10-16)18-8-5-11-22(14-18)17-6-3-2-4-7-17/h2-4,6-7,16,18H,5,8-15H2,1H3,(H,20,23). The van der Waals surface area contributed by atoms with E-state index in [1.165, 1.54) is 12.1 Å². The zero-order chi connectivity index (χ0) is 16.8. The molecule has 24 heavy (non-hydrogen) atoms. The number of anilines is 1. The second-order valence-electron chi connectivity index (χ2n) is 6.95. The molecule has 1 N–H and O–H groups in total. The van der Waals surface area contributed by atoms with Gasteiger partial charge in [-0.25, -0.2) is 0 Å². The minimum Gasteiger partial charge on any atom is -0.381 e. The number of carbonyl (C=O) groups is 1. The number of likely N-dealkylation sites (N-methyl/N-ethyl adjacent to an activating group) is 1. The van der Waals surface area contributed by atoms with Crippen molar-refractivity contribution in [1.82, 2.24) is 10.2 Å². The summed E-state index contributed by atoms with van der Waals surface area (Å²) in [6.45, 7) is 4.09. The number of amides is 1. The van der Waals surface area contributed by atoms with Gasteiger partial charge in [-0.3, -0.25) is 9.69 Å². The molecule has 2 aliphatic heterocycles. The number of nitrogens with zero attached hydrogens (tertiary/aromatic N) is 2. The molecule has 132 valence electrons. The number of benzene rings is 1. The van der Waals surface area contributed by atoms with Gasteiger partial charge in [0, 0.05) is 44.1 Å². The Labute approximate surface area is 145 Å². The predicted octanol–water partition coefficient (Wildman–Crippen LogP) is 1.88. The van der Waals surface area contributed by atoms with Gasteiger partial charge in [-0.1, -0.05) is 18.2 Å². The van der Waals surface area contributed by atoms with Crippen LogP contribution in [0.4, 0.5) is 5.69 Å². The molecular formula is C19H29N3O2. The van der Waals surface area contributed by atoms with Crippen LogP contribution in [0.5, 0.6) is 0 Å². The lowest BCUT2D eigenvalue weighted by atomic mass is 10.0. The topological polar surface area (TPSA) is 44.8 Å². The Morgan fingerprint density at radius 1 is 1.25 bits per heavy atom. The van der Waals surface area contributed by atoms with Crippen molar-refractivity contribution in [3.05, 3.63) is 30.3 Å². The Morgan fingerprint density at radius 3 is 2.75 bits per heavy atom. The van der Waals surface area contributed by atoms with Gasteiger partial charge in [0.15, 0.2) is 0 Å². The Hall–Kier alpha value is -1.59. The minimum atomic E-state index is 0.140. The van der Waals surface area contributed by atoms with E-state index in [-0.39, 0.29) is 11.9 Å². The van der Waals surface area contributed by atoms with Gasteiger partial charge in [0.2, 0.25) is 5.91 Å². The summed E-state index contributed by atoms with van der Waals surface area (Å²) in [5.41, 5.74) is 1.28. The average molecular weight is 331 g/mol. The number of piperidine rings is 1. The van der Waals surface area contributed by atoms with Crippen LogP contribution in [0.15, 0.2) is 30.3 Å². The Morgan fingerprint density at radius 2 is 2.00 bits per heavy atom. The van der Waals surface area contributed by atoms with Gasteiger partial charge < -0.3 is 15.0 Å². The molecule has 1 unspecified atom stereocenters. The molecule has 0 radical (unpaired) electrons. The van der Waals surface area contributed by atoms with Crippen LogP contribution in [0.1, 0.15) is 25.7 Å². The third kappa shape index (κ3) is 4.71. The number of carbonyl (C=O) groups excluding carboxylic acids is 1. The molecule has 2 heterocycles. The summed E-state index contributed by atoms with van der Waals surface area (Å²) in [6, 6.07) is 11.3. The van der Waals surface area contributed by atoms with Crippen molar-refractivity contribution in [2.75, 3.05) is 44.8 Å². The van der Waals surface area contributed by atoms with Crippen LogP contribution in [0.25, 0.3) is 0 Å². The highest BCUT2D eigenvalue weighted by molar-refractivity contribution is 5.78. The summed E-state index contributed by atoms with van der Waals surface area (Å²) in [5, 5.41) is 3.16. The van der Waals surface area contributed by atoms with Gasteiger partial charge in [0.1, 0.15) is 0 Å². The van der Waals surface area contributed by atoms with Crippen LogP contribution in [0.2, 0.25) is 0 Å². The second-order valence-corrected chi connectivity index (χ2v) is 6.95. The molecule has 2 fully saturated rings. The number of hydrogen-bond acceptors (Lipinski definition) is 4. The van der Waals surface area contributed by atoms with Crippen LogP contribution >= 0.6 is 0 Å². The fourth-order valence-electron chi connectivity index (χ4n) is 3.66. The summed E-state index contributed by atoms with van der Waals surface area (Å²) in [5.74, 6) is 0.140. The van der Waals surface area contributed by atoms with Crippen molar-refractivity contribution in [2.24, 2.45) is 0 Å². The lowest BCUT2D eigenvalue weighted by Gasteiger charge is -2.38. The highest BCUT2D eigenvalue weighted by Crippen LogP contribution is 2.21. The molecule has 5 heteroatoms. The normalized spacial score (nSPS) is 22.6. The van der Waals surface area contributed by atoms with Crippen molar-refractivity contribution in [3.8, 4) is 0 Å². The molecule has 2 saturated heterocycles. The summed E-state index contributed by atoms with van der Waals surface area (Å²) >= 11 is 0. The van der Waals surface area contributed by atoms with Crippen LogP contribution in [-0.2, 0) is 9.53 Å². The van der Waals surface area contributed by atoms with E-state index >= 15 is 0 Å². The maximum atomic E-state index is 12.3. The first kappa shape index (κ1) is 17.2. The minimum absolute atomic E-state index is 0.140. The Bertz CT molecular complexity index is 517. The first-order valence-electron chi connectivity index (χ1n) is 9.10. The number of rotatable bonds is 5. The smallest absolute Gasteiger partial charge is 0.234 e. The van der Waals surface area contributed by atoms with E-state index in [0.717, 1.165) is 45.6 Å². The largest absolute Gasteiger partial charge is 0.381 e. The van der Waals surface area contributed by atoms with Gasteiger partial charge >= 0.3 is 0 Å². The molecule has 0 saturated carbocycles.